The van der Waals surface area contributed by atoms with Crippen molar-refractivity contribution in [3.05, 3.63) is 28.2 Å². The fourth-order valence-corrected chi connectivity index (χ4v) is 3.05. The Morgan fingerprint density at radius 2 is 2.06 bits per heavy atom. The van der Waals surface area contributed by atoms with E-state index in [0.717, 1.165) is 0 Å². The highest BCUT2D eigenvalue weighted by molar-refractivity contribution is 7.89. The fraction of sp³-hybridized carbons (Fsp3) is 0.333. The lowest BCUT2D eigenvalue weighted by molar-refractivity contribution is 0.265. The van der Waals surface area contributed by atoms with E-state index < -0.39 is 16.1 Å². The molecule has 1 unspecified atom stereocenters. The van der Waals surface area contributed by atoms with Crippen LogP contribution in [0.2, 0.25) is 10.0 Å². The molecule has 2 N–H and O–H groups in total. The first-order chi connectivity index (χ1) is 7.36. The number of aliphatic hydroxyl groups excluding tert-OH is 1. The van der Waals surface area contributed by atoms with Gasteiger partial charge in [-0.05, 0) is 25.1 Å². The molecule has 4 nitrogen and oxygen atoms in total. The van der Waals surface area contributed by atoms with Crippen molar-refractivity contribution in [2.45, 2.75) is 17.9 Å². The molecule has 90 valence electrons. The van der Waals surface area contributed by atoms with Gasteiger partial charge in [-0.2, -0.15) is 0 Å². The van der Waals surface area contributed by atoms with Crippen LogP contribution >= 0.6 is 23.2 Å². The van der Waals surface area contributed by atoms with Gasteiger partial charge in [-0.15, -0.1) is 0 Å². The predicted octanol–water partition coefficient (Wildman–Crippen LogP) is 1.65. The summed E-state index contributed by atoms with van der Waals surface area (Å²) in [6.07, 6.45) is 0. The first-order valence-electron chi connectivity index (χ1n) is 4.45. The van der Waals surface area contributed by atoms with E-state index in [2.05, 4.69) is 4.72 Å². The van der Waals surface area contributed by atoms with Crippen LogP contribution in [-0.2, 0) is 10.0 Å². The van der Waals surface area contributed by atoms with Gasteiger partial charge >= 0.3 is 0 Å². The predicted molar refractivity (Wildman–Crippen MR) is 63.3 cm³/mol. The maximum absolute atomic E-state index is 11.8. The average molecular weight is 284 g/mol. The standard InChI is InChI=1S/C9H11Cl2NO3S/c1-6(5-13)12-16(14,15)9-4-7(10)2-3-8(9)11/h2-4,6,12-13H,5H2,1H3. The third-order valence-corrected chi connectivity index (χ3v) is 4.12. The molecule has 0 heterocycles. The molecule has 0 amide bonds. The zero-order valence-corrected chi connectivity index (χ0v) is 10.8. The molecule has 0 spiro atoms. The van der Waals surface area contributed by atoms with Gasteiger partial charge in [-0.3, -0.25) is 0 Å². The summed E-state index contributed by atoms with van der Waals surface area (Å²) < 4.78 is 25.9. The zero-order valence-electron chi connectivity index (χ0n) is 8.44. The summed E-state index contributed by atoms with van der Waals surface area (Å²) in [5, 5.41) is 9.15. The molecule has 1 atom stereocenters. The number of hydrogen-bond donors (Lipinski definition) is 2. The minimum Gasteiger partial charge on any atom is -0.395 e. The monoisotopic (exact) mass is 283 g/mol. The van der Waals surface area contributed by atoms with Crippen LogP contribution in [0.3, 0.4) is 0 Å². The summed E-state index contributed by atoms with van der Waals surface area (Å²) in [7, 11) is -3.75. The Bertz CT molecular complexity index is 476. The lowest BCUT2D eigenvalue weighted by atomic mass is 10.4. The van der Waals surface area contributed by atoms with Crippen molar-refractivity contribution < 1.29 is 13.5 Å². The van der Waals surface area contributed by atoms with Gasteiger partial charge in [0.15, 0.2) is 0 Å². The summed E-state index contributed by atoms with van der Waals surface area (Å²) in [5.74, 6) is 0. The van der Waals surface area contributed by atoms with E-state index in [9.17, 15) is 8.42 Å². The zero-order chi connectivity index (χ0) is 12.3. The summed E-state index contributed by atoms with van der Waals surface area (Å²) in [5.41, 5.74) is 0. The molecule has 0 aliphatic carbocycles. The third kappa shape index (κ3) is 3.33. The Labute approximate surface area is 104 Å². The molecular weight excluding hydrogens is 273 g/mol. The van der Waals surface area contributed by atoms with Crippen molar-refractivity contribution >= 4 is 33.2 Å². The molecule has 0 aliphatic heterocycles. The van der Waals surface area contributed by atoms with Crippen molar-refractivity contribution in [1.29, 1.82) is 0 Å². The minimum absolute atomic E-state index is 0.0852. The van der Waals surface area contributed by atoms with Gasteiger partial charge in [0.25, 0.3) is 0 Å². The highest BCUT2D eigenvalue weighted by Gasteiger charge is 2.20. The number of nitrogens with one attached hydrogen (secondary N) is 1. The Morgan fingerprint density at radius 3 is 2.62 bits per heavy atom. The molecule has 7 heteroatoms. The van der Waals surface area contributed by atoms with E-state index in [-0.39, 0.29) is 21.5 Å². The van der Waals surface area contributed by atoms with Crippen molar-refractivity contribution in [2.24, 2.45) is 0 Å². The Hall–Kier alpha value is -0.330. The topological polar surface area (TPSA) is 66.4 Å². The second kappa shape index (κ2) is 5.33. The van der Waals surface area contributed by atoms with E-state index in [1.807, 2.05) is 0 Å². The normalized spacial score (nSPS) is 13.8. The molecule has 0 saturated carbocycles. The molecular formula is C9H11Cl2NO3S. The lowest BCUT2D eigenvalue weighted by Crippen LogP contribution is -2.35. The summed E-state index contributed by atoms with van der Waals surface area (Å²) >= 11 is 11.5. The van der Waals surface area contributed by atoms with Crippen LogP contribution in [0.1, 0.15) is 6.92 Å². The Morgan fingerprint density at radius 1 is 1.44 bits per heavy atom. The van der Waals surface area contributed by atoms with Gasteiger partial charge in [0.05, 0.1) is 11.6 Å². The highest BCUT2D eigenvalue weighted by Crippen LogP contribution is 2.24. The molecule has 1 rings (SSSR count). The Kier molecular flexibility index (Phi) is 4.58. The molecule has 0 bridgehead atoms. The van der Waals surface area contributed by atoms with Gasteiger partial charge in [0.2, 0.25) is 10.0 Å². The molecule has 0 aliphatic rings. The summed E-state index contributed by atoms with van der Waals surface area (Å²) in [6.45, 7) is 1.24. The van der Waals surface area contributed by atoms with Gasteiger partial charge < -0.3 is 5.11 Å². The van der Waals surface area contributed by atoms with E-state index in [0.29, 0.717) is 0 Å². The quantitative estimate of drug-likeness (QED) is 0.883. The average Bonchev–Trinajstić information content (AvgIpc) is 2.20. The van der Waals surface area contributed by atoms with Crippen LogP contribution in [0, 0.1) is 0 Å². The highest BCUT2D eigenvalue weighted by atomic mass is 35.5. The summed E-state index contributed by atoms with van der Waals surface area (Å²) in [6, 6.07) is 3.58. The maximum Gasteiger partial charge on any atom is 0.242 e. The van der Waals surface area contributed by atoms with Crippen LogP contribution < -0.4 is 4.72 Å². The second-order valence-electron chi connectivity index (χ2n) is 3.28. The molecule has 0 radical (unpaired) electrons. The number of hydrogen-bond acceptors (Lipinski definition) is 3. The van der Waals surface area contributed by atoms with E-state index in [1.165, 1.54) is 25.1 Å². The molecule has 0 saturated heterocycles. The van der Waals surface area contributed by atoms with Gasteiger partial charge in [0.1, 0.15) is 4.90 Å². The molecule has 0 fully saturated rings. The number of benzene rings is 1. The van der Waals surface area contributed by atoms with Gasteiger partial charge in [-0.1, -0.05) is 23.2 Å². The summed E-state index contributed by atoms with van der Waals surface area (Å²) in [4.78, 5) is -0.0954. The molecule has 16 heavy (non-hydrogen) atoms. The van der Waals surface area contributed by atoms with E-state index in [1.54, 1.807) is 0 Å². The van der Waals surface area contributed by atoms with Crippen LogP contribution in [0.15, 0.2) is 23.1 Å². The number of rotatable bonds is 4. The van der Waals surface area contributed by atoms with Crippen molar-refractivity contribution in [1.82, 2.24) is 4.72 Å². The first-order valence-corrected chi connectivity index (χ1v) is 6.69. The molecule has 1 aromatic rings. The Balaban J connectivity index is 3.12. The first kappa shape index (κ1) is 13.7. The van der Waals surface area contributed by atoms with Crippen LogP contribution in [0.5, 0.6) is 0 Å². The van der Waals surface area contributed by atoms with Crippen LogP contribution in [0.25, 0.3) is 0 Å². The third-order valence-electron chi connectivity index (χ3n) is 1.81. The number of halogens is 2. The number of sulfonamides is 1. The fourth-order valence-electron chi connectivity index (χ4n) is 1.05. The number of aliphatic hydroxyl groups is 1. The minimum atomic E-state index is -3.75. The van der Waals surface area contributed by atoms with E-state index >= 15 is 0 Å². The van der Waals surface area contributed by atoms with Gasteiger partial charge in [0, 0.05) is 11.1 Å². The van der Waals surface area contributed by atoms with Crippen molar-refractivity contribution in [3.63, 3.8) is 0 Å². The van der Waals surface area contributed by atoms with Gasteiger partial charge in [-0.25, -0.2) is 13.1 Å². The smallest absolute Gasteiger partial charge is 0.242 e. The second-order valence-corrected chi connectivity index (χ2v) is 5.81. The largest absolute Gasteiger partial charge is 0.395 e. The van der Waals surface area contributed by atoms with Crippen molar-refractivity contribution in [2.75, 3.05) is 6.61 Å². The molecule has 0 aromatic heterocycles. The van der Waals surface area contributed by atoms with Crippen LogP contribution in [0.4, 0.5) is 0 Å². The van der Waals surface area contributed by atoms with Crippen molar-refractivity contribution in [3.8, 4) is 0 Å². The molecule has 1 aromatic carbocycles. The maximum atomic E-state index is 11.8. The van der Waals surface area contributed by atoms with E-state index in [4.69, 9.17) is 28.3 Å². The SMILES string of the molecule is CC(CO)NS(=O)(=O)c1cc(Cl)ccc1Cl. The lowest BCUT2D eigenvalue weighted by Gasteiger charge is -2.12. The van der Waals surface area contributed by atoms with Crippen LogP contribution in [-0.4, -0.2) is 26.2 Å².